The summed E-state index contributed by atoms with van der Waals surface area (Å²) in [7, 11) is 0. The molecule has 110 valence electrons. The van der Waals surface area contributed by atoms with Gasteiger partial charge in [0.1, 0.15) is 10.7 Å². The quantitative estimate of drug-likeness (QED) is 0.673. The van der Waals surface area contributed by atoms with E-state index in [0.717, 1.165) is 29.1 Å². The maximum atomic E-state index is 11.9. The average molecular weight is 301 g/mol. The number of rotatable bonds is 5. The van der Waals surface area contributed by atoms with E-state index in [4.69, 9.17) is 0 Å². The maximum Gasteiger partial charge on any atom is 0.290 e. The Balaban J connectivity index is 2.11. The Morgan fingerprint density at radius 1 is 1.29 bits per heavy atom. The molecule has 0 radical (unpaired) electrons. The van der Waals surface area contributed by atoms with Crippen LogP contribution in [0.1, 0.15) is 43.2 Å². The zero-order valence-electron chi connectivity index (χ0n) is 12.5. The number of carbonyl (C=O) groups excluding carboxylic acids is 1. The van der Waals surface area contributed by atoms with E-state index in [9.17, 15) is 4.79 Å². The standard InChI is InChI=1S/C16H19N3OS/c1-4-11(3)18-19-15(20)14-10-21-16(17-14)13-8-6-12(5-2)7-9-13/h6-10H,4-5H2,1-3H3,(H,19,20)/b18-11-. The molecule has 0 aliphatic rings. The van der Waals surface area contributed by atoms with Gasteiger partial charge >= 0.3 is 0 Å². The highest BCUT2D eigenvalue weighted by atomic mass is 32.1. The highest BCUT2D eigenvalue weighted by molar-refractivity contribution is 7.13. The van der Waals surface area contributed by atoms with Crippen molar-refractivity contribution >= 4 is 23.0 Å². The molecule has 1 aromatic carbocycles. The van der Waals surface area contributed by atoms with Gasteiger partial charge in [0.15, 0.2) is 0 Å². The van der Waals surface area contributed by atoms with Gasteiger partial charge in [-0.2, -0.15) is 5.10 Å². The van der Waals surface area contributed by atoms with Crippen LogP contribution < -0.4 is 5.43 Å². The van der Waals surface area contributed by atoms with Gasteiger partial charge in [0.2, 0.25) is 0 Å². The Bertz CT molecular complexity index is 644. The third-order valence-electron chi connectivity index (χ3n) is 3.21. The summed E-state index contributed by atoms with van der Waals surface area (Å²) < 4.78 is 0. The minimum atomic E-state index is -0.268. The molecule has 1 heterocycles. The molecule has 5 heteroatoms. The van der Waals surface area contributed by atoms with Crippen LogP contribution in [0.2, 0.25) is 0 Å². The number of hydrogen-bond acceptors (Lipinski definition) is 4. The Kier molecular flexibility index (Phi) is 5.22. The zero-order valence-corrected chi connectivity index (χ0v) is 13.3. The van der Waals surface area contributed by atoms with E-state index < -0.39 is 0 Å². The van der Waals surface area contributed by atoms with Crippen LogP contribution >= 0.6 is 11.3 Å². The number of amides is 1. The maximum absolute atomic E-state index is 11.9. The van der Waals surface area contributed by atoms with E-state index in [2.05, 4.69) is 34.6 Å². The minimum absolute atomic E-state index is 0.268. The molecule has 0 atom stereocenters. The van der Waals surface area contributed by atoms with E-state index in [1.165, 1.54) is 16.9 Å². The van der Waals surface area contributed by atoms with Gasteiger partial charge in [-0.05, 0) is 25.3 Å². The van der Waals surface area contributed by atoms with Crippen LogP contribution in [0.25, 0.3) is 10.6 Å². The first-order valence-electron chi connectivity index (χ1n) is 7.02. The van der Waals surface area contributed by atoms with Crippen molar-refractivity contribution in [3.05, 3.63) is 40.9 Å². The normalized spacial score (nSPS) is 11.5. The van der Waals surface area contributed by atoms with Gasteiger partial charge in [-0.3, -0.25) is 4.79 Å². The molecule has 0 aliphatic heterocycles. The fraction of sp³-hybridized carbons (Fsp3) is 0.312. The largest absolute Gasteiger partial charge is 0.290 e. The predicted molar refractivity (Wildman–Crippen MR) is 87.8 cm³/mol. The number of nitrogens with one attached hydrogen (secondary N) is 1. The molecule has 0 saturated heterocycles. The smallest absolute Gasteiger partial charge is 0.266 e. The second-order valence-corrected chi connectivity index (χ2v) is 5.59. The van der Waals surface area contributed by atoms with Gasteiger partial charge in [-0.25, -0.2) is 10.4 Å². The van der Waals surface area contributed by atoms with E-state index in [1.54, 1.807) is 5.38 Å². The van der Waals surface area contributed by atoms with Gasteiger partial charge in [-0.15, -0.1) is 11.3 Å². The van der Waals surface area contributed by atoms with E-state index in [1.807, 2.05) is 26.0 Å². The van der Waals surface area contributed by atoms with Crippen LogP contribution in [0.3, 0.4) is 0 Å². The number of benzene rings is 1. The molecule has 4 nitrogen and oxygen atoms in total. The summed E-state index contributed by atoms with van der Waals surface area (Å²) in [6, 6.07) is 8.26. The summed E-state index contributed by atoms with van der Waals surface area (Å²) in [6.07, 6.45) is 1.83. The fourth-order valence-electron chi connectivity index (χ4n) is 1.68. The molecule has 0 aliphatic carbocycles. The highest BCUT2D eigenvalue weighted by Gasteiger charge is 2.11. The van der Waals surface area contributed by atoms with Crippen LogP contribution in [0, 0.1) is 0 Å². The third kappa shape index (κ3) is 3.98. The van der Waals surface area contributed by atoms with Crippen LogP contribution in [0.4, 0.5) is 0 Å². The van der Waals surface area contributed by atoms with Crippen LogP contribution in [-0.4, -0.2) is 16.6 Å². The molecule has 0 fully saturated rings. The number of hydrazone groups is 1. The lowest BCUT2D eigenvalue weighted by Gasteiger charge is -1.99. The summed E-state index contributed by atoms with van der Waals surface area (Å²) in [5.74, 6) is -0.268. The molecular formula is C16H19N3OS. The van der Waals surface area contributed by atoms with Crippen molar-refractivity contribution < 1.29 is 4.79 Å². The third-order valence-corrected chi connectivity index (χ3v) is 4.10. The average Bonchev–Trinajstić information content (AvgIpc) is 3.02. The zero-order chi connectivity index (χ0) is 15.2. The topological polar surface area (TPSA) is 54.4 Å². The van der Waals surface area contributed by atoms with E-state index >= 15 is 0 Å². The monoisotopic (exact) mass is 301 g/mol. The molecular weight excluding hydrogens is 282 g/mol. The summed E-state index contributed by atoms with van der Waals surface area (Å²) in [6.45, 7) is 5.99. The number of nitrogens with zero attached hydrogens (tertiary/aromatic N) is 2. The predicted octanol–water partition coefficient (Wildman–Crippen LogP) is 3.89. The first-order valence-corrected chi connectivity index (χ1v) is 7.90. The SMILES string of the molecule is CC/C(C)=N\NC(=O)c1csc(-c2ccc(CC)cc2)n1. The van der Waals surface area contributed by atoms with Crippen molar-refractivity contribution in [1.82, 2.24) is 10.4 Å². The van der Waals surface area contributed by atoms with Gasteiger partial charge in [0.25, 0.3) is 5.91 Å². The lowest BCUT2D eigenvalue weighted by molar-refractivity contribution is 0.0950. The summed E-state index contributed by atoms with van der Waals surface area (Å²) in [4.78, 5) is 16.3. The second kappa shape index (κ2) is 7.13. The lowest BCUT2D eigenvalue weighted by atomic mass is 10.1. The molecule has 2 rings (SSSR count). The molecule has 2 aromatic rings. The van der Waals surface area contributed by atoms with Crippen molar-refractivity contribution in [3.63, 3.8) is 0 Å². The molecule has 0 bridgehead atoms. The molecule has 1 aromatic heterocycles. The summed E-state index contributed by atoms with van der Waals surface area (Å²) in [5.41, 5.74) is 6.14. The molecule has 0 saturated carbocycles. The number of carbonyl (C=O) groups is 1. The second-order valence-electron chi connectivity index (χ2n) is 4.73. The van der Waals surface area contributed by atoms with Crippen molar-refractivity contribution in [3.8, 4) is 10.6 Å². The van der Waals surface area contributed by atoms with Gasteiger partial charge in [-0.1, -0.05) is 38.1 Å². The minimum Gasteiger partial charge on any atom is -0.266 e. The summed E-state index contributed by atoms with van der Waals surface area (Å²) >= 11 is 1.46. The number of hydrogen-bond donors (Lipinski definition) is 1. The van der Waals surface area contributed by atoms with Crippen molar-refractivity contribution in [2.24, 2.45) is 5.10 Å². The molecule has 21 heavy (non-hydrogen) atoms. The first kappa shape index (κ1) is 15.4. The Hall–Kier alpha value is -2.01. The number of thiazole rings is 1. The van der Waals surface area contributed by atoms with E-state index in [0.29, 0.717) is 5.69 Å². The van der Waals surface area contributed by atoms with E-state index in [-0.39, 0.29) is 5.91 Å². The van der Waals surface area contributed by atoms with Gasteiger partial charge < -0.3 is 0 Å². The Morgan fingerprint density at radius 3 is 2.62 bits per heavy atom. The van der Waals surface area contributed by atoms with Crippen molar-refractivity contribution in [1.29, 1.82) is 0 Å². The molecule has 0 unspecified atom stereocenters. The van der Waals surface area contributed by atoms with Crippen LogP contribution in [-0.2, 0) is 6.42 Å². The lowest BCUT2D eigenvalue weighted by Crippen LogP contribution is -2.19. The van der Waals surface area contributed by atoms with Crippen LogP contribution in [0.15, 0.2) is 34.7 Å². The number of aryl methyl sites for hydroxylation is 1. The summed E-state index contributed by atoms with van der Waals surface area (Å²) in [5, 5.41) is 6.61. The van der Waals surface area contributed by atoms with Gasteiger partial charge in [0.05, 0.1) is 0 Å². The van der Waals surface area contributed by atoms with Crippen molar-refractivity contribution in [2.45, 2.75) is 33.6 Å². The van der Waals surface area contributed by atoms with Crippen molar-refractivity contribution in [2.75, 3.05) is 0 Å². The van der Waals surface area contributed by atoms with Gasteiger partial charge in [0, 0.05) is 16.7 Å². The van der Waals surface area contributed by atoms with Crippen LogP contribution in [0.5, 0.6) is 0 Å². The molecule has 1 N–H and O–H groups in total. The first-order chi connectivity index (χ1) is 10.1. The number of aromatic nitrogens is 1. The highest BCUT2D eigenvalue weighted by Crippen LogP contribution is 2.24. The fourth-order valence-corrected chi connectivity index (χ4v) is 2.48. The Labute approximate surface area is 128 Å². The molecule has 0 spiro atoms. The Morgan fingerprint density at radius 2 is 2.00 bits per heavy atom. The molecule has 1 amide bonds.